The molecule has 1 aliphatic heterocycles. The summed E-state index contributed by atoms with van der Waals surface area (Å²) in [7, 11) is -3.96. The topological polar surface area (TPSA) is 104 Å². The van der Waals surface area contributed by atoms with Crippen molar-refractivity contribution in [2.45, 2.75) is 50.1 Å². The number of hydrogen-bond acceptors (Lipinski definition) is 5. The molecular formula is C30H32BrN3O5S. The summed E-state index contributed by atoms with van der Waals surface area (Å²) in [5, 5.41) is 2.94. The molecule has 4 rings (SSSR count). The van der Waals surface area contributed by atoms with Gasteiger partial charge in [0.1, 0.15) is 10.9 Å². The Kier molecular flexibility index (Phi) is 9.76. The third kappa shape index (κ3) is 6.79. The van der Waals surface area contributed by atoms with Crippen molar-refractivity contribution in [3.05, 3.63) is 100 Å². The first-order chi connectivity index (χ1) is 19.2. The van der Waals surface area contributed by atoms with Crippen LogP contribution in [0.2, 0.25) is 0 Å². The molecule has 210 valence electrons. The second kappa shape index (κ2) is 13.2. The summed E-state index contributed by atoms with van der Waals surface area (Å²) < 4.78 is 27.5. The van der Waals surface area contributed by atoms with Crippen molar-refractivity contribution in [3.63, 3.8) is 0 Å². The molecule has 0 aromatic heterocycles. The third-order valence-electron chi connectivity index (χ3n) is 6.73. The van der Waals surface area contributed by atoms with Gasteiger partial charge in [0.2, 0.25) is 11.8 Å². The van der Waals surface area contributed by atoms with E-state index in [0.717, 1.165) is 26.3 Å². The molecule has 0 saturated carbocycles. The number of halogens is 1. The number of benzene rings is 3. The normalized spacial score (nSPS) is 14.4. The van der Waals surface area contributed by atoms with E-state index in [0.29, 0.717) is 13.0 Å². The molecule has 3 amide bonds. The lowest BCUT2D eigenvalue weighted by atomic mass is 10.0. The number of carbonyl (C=O) groups excluding carboxylic acids is 3. The molecule has 0 fully saturated rings. The SMILES string of the molecule is CCCNC(=O)[C@@H](Cc1ccccc1)N(Cc1cccc(Br)c1)C(=O)CCCN1C(=O)c2ccccc2S1(=O)=O. The van der Waals surface area contributed by atoms with E-state index in [1.54, 1.807) is 17.0 Å². The number of amides is 3. The smallest absolute Gasteiger partial charge is 0.269 e. The van der Waals surface area contributed by atoms with Crippen LogP contribution in [0.1, 0.15) is 47.7 Å². The summed E-state index contributed by atoms with van der Waals surface area (Å²) in [5.41, 5.74) is 1.90. The molecule has 0 bridgehead atoms. The lowest BCUT2D eigenvalue weighted by Gasteiger charge is -2.32. The average molecular weight is 627 g/mol. The van der Waals surface area contributed by atoms with Crippen molar-refractivity contribution in [3.8, 4) is 0 Å². The maximum Gasteiger partial charge on any atom is 0.269 e. The first kappa shape index (κ1) is 29.5. The molecule has 1 atom stereocenters. The van der Waals surface area contributed by atoms with Crippen LogP contribution in [-0.4, -0.2) is 54.5 Å². The van der Waals surface area contributed by atoms with Crippen molar-refractivity contribution in [1.29, 1.82) is 0 Å². The number of sulfonamides is 1. The number of nitrogens with zero attached hydrogens (tertiary/aromatic N) is 2. The molecule has 0 radical (unpaired) electrons. The van der Waals surface area contributed by atoms with Crippen molar-refractivity contribution in [1.82, 2.24) is 14.5 Å². The van der Waals surface area contributed by atoms with Crippen LogP contribution in [0.3, 0.4) is 0 Å². The lowest BCUT2D eigenvalue weighted by molar-refractivity contribution is -0.141. The molecule has 0 unspecified atom stereocenters. The summed E-state index contributed by atoms with van der Waals surface area (Å²) in [4.78, 5) is 41.5. The monoisotopic (exact) mass is 625 g/mol. The van der Waals surface area contributed by atoms with Gasteiger partial charge in [-0.1, -0.05) is 77.5 Å². The molecule has 1 heterocycles. The highest BCUT2D eigenvalue weighted by Gasteiger charge is 2.40. The Hall–Kier alpha value is -3.50. The summed E-state index contributed by atoms with van der Waals surface area (Å²) >= 11 is 3.47. The van der Waals surface area contributed by atoms with Gasteiger partial charge in [-0.05, 0) is 48.2 Å². The van der Waals surface area contributed by atoms with Crippen LogP contribution < -0.4 is 5.32 Å². The van der Waals surface area contributed by atoms with Crippen LogP contribution in [0.5, 0.6) is 0 Å². The largest absolute Gasteiger partial charge is 0.354 e. The first-order valence-corrected chi connectivity index (χ1v) is 15.5. The Balaban J connectivity index is 1.56. The third-order valence-corrected chi connectivity index (χ3v) is 9.06. The van der Waals surface area contributed by atoms with E-state index in [1.807, 2.05) is 61.5 Å². The minimum atomic E-state index is -3.96. The molecular weight excluding hydrogens is 594 g/mol. The molecule has 40 heavy (non-hydrogen) atoms. The van der Waals surface area contributed by atoms with Gasteiger partial charge in [0.25, 0.3) is 15.9 Å². The molecule has 0 aliphatic carbocycles. The van der Waals surface area contributed by atoms with E-state index in [1.165, 1.54) is 12.1 Å². The maximum atomic E-state index is 13.8. The molecule has 10 heteroatoms. The van der Waals surface area contributed by atoms with Crippen LogP contribution in [0.25, 0.3) is 0 Å². The molecule has 3 aromatic rings. The van der Waals surface area contributed by atoms with Crippen LogP contribution in [0.4, 0.5) is 0 Å². The fourth-order valence-corrected chi connectivity index (χ4v) is 6.78. The van der Waals surface area contributed by atoms with Gasteiger partial charge in [-0.3, -0.25) is 14.4 Å². The Labute approximate surface area is 243 Å². The summed E-state index contributed by atoms with van der Waals surface area (Å²) in [5.74, 6) is -1.13. The van der Waals surface area contributed by atoms with Gasteiger partial charge in [0.15, 0.2) is 0 Å². The van der Waals surface area contributed by atoms with Crippen LogP contribution in [0.15, 0.2) is 88.2 Å². The van der Waals surface area contributed by atoms with Gasteiger partial charge in [0, 0.05) is 36.9 Å². The number of nitrogens with one attached hydrogen (secondary N) is 1. The molecule has 3 aromatic carbocycles. The molecule has 8 nitrogen and oxygen atoms in total. The highest BCUT2D eigenvalue weighted by atomic mass is 79.9. The molecule has 0 saturated heterocycles. The van der Waals surface area contributed by atoms with E-state index in [-0.39, 0.29) is 48.2 Å². The summed E-state index contributed by atoms with van der Waals surface area (Å²) in [6.45, 7) is 2.51. The molecule has 0 spiro atoms. The highest BCUT2D eigenvalue weighted by molar-refractivity contribution is 9.10. The first-order valence-electron chi connectivity index (χ1n) is 13.2. The zero-order chi connectivity index (χ0) is 28.7. The summed E-state index contributed by atoms with van der Waals surface area (Å²) in [6, 6.07) is 22.4. The fourth-order valence-electron chi connectivity index (χ4n) is 4.72. The van der Waals surface area contributed by atoms with Gasteiger partial charge in [-0.2, -0.15) is 0 Å². The summed E-state index contributed by atoms with van der Waals surface area (Å²) in [6.07, 6.45) is 1.17. The zero-order valence-electron chi connectivity index (χ0n) is 22.3. The van der Waals surface area contributed by atoms with Crippen LogP contribution in [-0.2, 0) is 32.6 Å². The second-order valence-electron chi connectivity index (χ2n) is 9.63. The van der Waals surface area contributed by atoms with Crippen LogP contribution in [0, 0.1) is 0 Å². The van der Waals surface area contributed by atoms with E-state index < -0.39 is 22.0 Å². The number of hydrogen-bond donors (Lipinski definition) is 1. The predicted octanol–water partition coefficient (Wildman–Crippen LogP) is 4.54. The minimum Gasteiger partial charge on any atom is -0.354 e. The van der Waals surface area contributed by atoms with Crippen LogP contribution >= 0.6 is 15.9 Å². The number of fused-ring (bicyclic) bond motifs is 1. The minimum absolute atomic E-state index is 0.0156. The second-order valence-corrected chi connectivity index (χ2v) is 12.4. The quantitative estimate of drug-likeness (QED) is 0.318. The number of carbonyl (C=O) groups is 3. The van der Waals surface area contributed by atoms with E-state index in [4.69, 9.17) is 0 Å². The molecule has 1 aliphatic rings. The Bertz CT molecular complexity index is 1480. The predicted molar refractivity (Wildman–Crippen MR) is 156 cm³/mol. The van der Waals surface area contributed by atoms with Crippen molar-refractivity contribution in [2.75, 3.05) is 13.1 Å². The highest BCUT2D eigenvalue weighted by Crippen LogP contribution is 2.30. The van der Waals surface area contributed by atoms with Gasteiger partial charge in [-0.15, -0.1) is 0 Å². The van der Waals surface area contributed by atoms with E-state index in [9.17, 15) is 22.8 Å². The lowest BCUT2D eigenvalue weighted by Crippen LogP contribution is -2.50. The van der Waals surface area contributed by atoms with Crippen molar-refractivity contribution in [2.24, 2.45) is 0 Å². The maximum absolute atomic E-state index is 13.8. The standard InChI is InChI=1S/C30H32BrN3O5S/c1-2-17-32-29(36)26(20-22-10-4-3-5-11-22)33(21-23-12-8-13-24(31)19-23)28(35)16-9-18-34-30(37)25-14-6-7-15-27(25)40(34,38)39/h3-8,10-15,19,26H,2,9,16-18,20-21H2,1H3,(H,32,36)/t26-/m1/s1. The van der Waals surface area contributed by atoms with Gasteiger partial charge in [-0.25, -0.2) is 12.7 Å². The Morgan fingerprint density at radius 2 is 1.68 bits per heavy atom. The van der Waals surface area contributed by atoms with Crippen molar-refractivity contribution >= 4 is 43.7 Å². The van der Waals surface area contributed by atoms with E-state index >= 15 is 0 Å². The van der Waals surface area contributed by atoms with E-state index in [2.05, 4.69) is 21.2 Å². The zero-order valence-corrected chi connectivity index (χ0v) is 24.7. The van der Waals surface area contributed by atoms with Gasteiger partial charge >= 0.3 is 0 Å². The van der Waals surface area contributed by atoms with Crippen molar-refractivity contribution < 1.29 is 22.8 Å². The molecule has 1 N–H and O–H groups in total. The Morgan fingerprint density at radius 3 is 2.38 bits per heavy atom. The van der Waals surface area contributed by atoms with Gasteiger partial charge < -0.3 is 10.2 Å². The Morgan fingerprint density at radius 1 is 0.975 bits per heavy atom. The number of rotatable bonds is 12. The fraction of sp³-hybridized carbons (Fsp3) is 0.300. The average Bonchev–Trinajstić information content (AvgIpc) is 3.14. The van der Waals surface area contributed by atoms with Gasteiger partial charge in [0.05, 0.1) is 5.56 Å².